The molecule has 0 unspecified atom stereocenters. The van der Waals surface area contributed by atoms with E-state index in [-0.39, 0.29) is 0 Å². The second-order valence-corrected chi connectivity index (χ2v) is 4.65. The molecule has 0 saturated carbocycles. The molecule has 3 heteroatoms. The molecule has 0 saturated heterocycles. The number of aromatic hydroxyl groups is 1. The average Bonchev–Trinajstić information content (AvgIpc) is 2.31. The molecule has 90 valence electrons. The van der Waals surface area contributed by atoms with Gasteiger partial charge in [-0.25, -0.2) is 0 Å². The van der Waals surface area contributed by atoms with Crippen molar-refractivity contribution >= 4 is 22.4 Å². The SMILES string of the molecule is NCCCCc1cc2cc(Cl)ccc2cc1O. The number of nitrogens with two attached hydrogens (primary N) is 1. The fourth-order valence-electron chi connectivity index (χ4n) is 1.96. The molecule has 3 N–H and O–H groups in total. The number of aryl methyl sites for hydroxylation is 1. The summed E-state index contributed by atoms with van der Waals surface area (Å²) in [6.45, 7) is 0.695. The van der Waals surface area contributed by atoms with Crippen molar-refractivity contribution in [3.8, 4) is 5.75 Å². The van der Waals surface area contributed by atoms with Crippen molar-refractivity contribution in [2.75, 3.05) is 6.54 Å². The van der Waals surface area contributed by atoms with Crippen LogP contribution in [-0.4, -0.2) is 11.7 Å². The highest BCUT2D eigenvalue weighted by Gasteiger charge is 2.04. The van der Waals surface area contributed by atoms with Crippen molar-refractivity contribution in [1.82, 2.24) is 0 Å². The lowest BCUT2D eigenvalue weighted by Crippen LogP contribution is -1.99. The van der Waals surface area contributed by atoms with E-state index in [0.717, 1.165) is 40.6 Å². The number of fused-ring (bicyclic) bond motifs is 1. The summed E-state index contributed by atoms with van der Waals surface area (Å²) in [4.78, 5) is 0. The van der Waals surface area contributed by atoms with Crippen LogP contribution in [0.15, 0.2) is 30.3 Å². The molecule has 0 aromatic heterocycles. The first kappa shape index (κ1) is 12.2. The Labute approximate surface area is 106 Å². The van der Waals surface area contributed by atoms with E-state index in [4.69, 9.17) is 17.3 Å². The quantitative estimate of drug-likeness (QED) is 0.815. The summed E-state index contributed by atoms with van der Waals surface area (Å²) < 4.78 is 0. The first-order valence-corrected chi connectivity index (χ1v) is 6.20. The number of unbranched alkanes of at least 4 members (excludes halogenated alkanes) is 1. The summed E-state index contributed by atoms with van der Waals surface area (Å²) in [5.41, 5.74) is 6.43. The Morgan fingerprint density at radius 1 is 1.06 bits per heavy atom. The summed E-state index contributed by atoms with van der Waals surface area (Å²) in [6.07, 6.45) is 2.83. The lowest BCUT2D eigenvalue weighted by Gasteiger charge is -2.07. The number of benzene rings is 2. The predicted octanol–water partition coefficient (Wildman–Crippen LogP) is 3.48. The van der Waals surface area contributed by atoms with Gasteiger partial charge in [-0.3, -0.25) is 0 Å². The zero-order chi connectivity index (χ0) is 12.3. The summed E-state index contributed by atoms with van der Waals surface area (Å²) in [6, 6.07) is 9.47. The molecule has 17 heavy (non-hydrogen) atoms. The second kappa shape index (κ2) is 5.39. The first-order chi connectivity index (χ1) is 8.20. The Balaban J connectivity index is 2.32. The van der Waals surface area contributed by atoms with Crippen molar-refractivity contribution in [1.29, 1.82) is 0 Å². The standard InChI is InChI=1S/C14H16ClNO/c15-13-5-4-10-9-14(17)11(3-1-2-6-16)7-12(10)8-13/h4-5,7-9,17H,1-3,6,16H2. The van der Waals surface area contributed by atoms with Gasteiger partial charge in [-0.2, -0.15) is 0 Å². The van der Waals surface area contributed by atoms with Gasteiger partial charge in [0.25, 0.3) is 0 Å². The molecule has 2 rings (SSSR count). The second-order valence-electron chi connectivity index (χ2n) is 4.22. The van der Waals surface area contributed by atoms with Gasteiger partial charge in [-0.15, -0.1) is 0 Å². The van der Waals surface area contributed by atoms with Gasteiger partial charge in [-0.1, -0.05) is 17.7 Å². The predicted molar refractivity (Wildman–Crippen MR) is 72.6 cm³/mol. The highest BCUT2D eigenvalue weighted by atomic mass is 35.5. The van der Waals surface area contributed by atoms with E-state index in [2.05, 4.69) is 0 Å². The van der Waals surface area contributed by atoms with E-state index in [0.29, 0.717) is 12.3 Å². The molecule has 2 aromatic rings. The summed E-state index contributed by atoms with van der Waals surface area (Å²) in [5, 5.41) is 12.7. The molecular weight excluding hydrogens is 234 g/mol. The van der Waals surface area contributed by atoms with Crippen molar-refractivity contribution in [2.24, 2.45) is 5.73 Å². The van der Waals surface area contributed by atoms with Crippen molar-refractivity contribution < 1.29 is 5.11 Å². The molecule has 0 aliphatic heterocycles. The summed E-state index contributed by atoms with van der Waals surface area (Å²) in [7, 11) is 0. The van der Waals surface area contributed by atoms with Crippen LogP contribution in [0.4, 0.5) is 0 Å². The number of rotatable bonds is 4. The van der Waals surface area contributed by atoms with Gasteiger partial charge < -0.3 is 10.8 Å². The number of hydrogen-bond acceptors (Lipinski definition) is 2. The van der Waals surface area contributed by atoms with E-state index >= 15 is 0 Å². The maximum atomic E-state index is 9.91. The highest BCUT2D eigenvalue weighted by Crippen LogP contribution is 2.28. The fraction of sp³-hybridized carbons (Fsp3) is 0.286. The number of phenols is 1. The molecule has 0 heterocycles. The van der Waals surface area contributed by atoms with Crippen LogP contribution in [0, 0.1) is 0 Å². The molecule has 0 fully saturated rings. The molecule has 0 bridgehead atoms. The van der Waals surface area contributed by atoms with Gasteiger partial charge in [0, 0.05) is 5.02 Å². The number of halogens is 1. The molecule has 0 aliphatic rings. The minimum atomic E-state index is 0.358. The Morgan fingerprint density at radius 2 is 1.88 bits per heavy atom. The largest absolute Gasteiger partial charge is 0.508 e. The number of hydrogen-bond donors (Lipinski definition) is 2. The zero-order valence-electron chi connectivity index (χ0n) is 9.62. The van der Waals surface area contributed by atoms with Crippen molar-refractivity contribution in [2.45, 2.75) is 19.3 Å². The molecular formula is C14H16ClNO. The third kappa shape index (κ3) is 2.90. The Kier molecular flexibility index (Phi) is 3.87. The van der Waals surface area contributed by atoms with E-state index in [1.54, 1.807) is 6.07 Å². The topological polar surface area (TPSA) is 46.2 Å². The third-order valence-corrected chi connectivity index (χ3v) is 3.14. The van der Waals surface area contributed by atoms with Gasteiger partial charge in [0.1, 0.15) is 5.75 Å². The third-order valence-electron chi connectivity index (χ3n) is 2.90. The van der Waals surface area contributed by atoms with Crippen molar-refractivity contribution in [3.05, 3.63) is 40.9 Å². The molecule has 0 amide bonds. The smallest absolute Gasteiger partial charge is 0.119 e. The maximum absolute atomic E-state index is 9.91. The molecule has 0 atom stereocenters. The molecule has 0 spiro atoms. The summed E-state index contributed by atoms with van der Waals surface area (Å²) >= 11 is 5.96. The Bertz CT molecular complexity index is 525. The normalized spacial score (nSPS) is 10.9. The van der Waals surface area contributed by atoms with Crippen LogP contribution in [0.2, 0.25) is 5.02 Å². The van der Waals surface area contributed by atoms with Crippen LogP contribution in [0.3, 0.4) is 0 Å². The van der Waals surface area contributed by atoms with Crippen LogP contribution in [0.1, 0.15) is 18.4 Å². The Morgan fingerprint density at radius 3 is 2.65 bits per heavy atom. The summed E-state index contributed by atoms with van der Waals surface area (Å²) in [5.74, 6) is 0.358. The van der Waals surface area contributed by atoms with Crippen LogP contribution >= 0.6 is 11.6 Å². The van der Waals surface area contributed by atoms with Gasteiger partial charge in [-0.05, 0) is 66.4 Å². The average molecular weight is 250 g/mol. The van der Waals surface area contributed by atoms with Crippen molar-refractivity contribution in [3.63, 3.8) is 0 Å². The van der Waals surface area contributed by atoms with E-state index in [1.807, 2.05) is 24.3 Å². The molecule has 0 aliphatic carbocycles. The minimum Gasteiger partial charge on any atom is -0.508 e. The minimum absolute atomic E-state index is 0.358. The van der Waals surface area contributed by atoms with Crippen LogP contribution in [0.5, 0.6) is 5.75 Å². The van der Waals surface area contributed by atoms with Gasteiger partial charge in [0.15, 0.2) is 0 Å². The fourth-order valence-corrected chi connectivity index (χ4v) is 2.14. The van der Waals surface area contributed by atoms with E-state index in [9.17, 15) is 5.11 Å². The van der Waals surface area contributed by atoms with Crippen LogP contribution in [0.25, 0.3) is 10.8 Å². The zero-order valence-corrected chi connectivity index (χ0v) is 10.4. The van der Waals surface area contributed by atoms with Gasteiger partial charge in [0.05, 0.1) is 0 Å². The molecule has 0 radical (unpaired) electrons. The molecule has 2 aromatic carbocycles. The number of phenolic OH excluding ortho intramolecular Hbond substituents is 1. The highest BCUT2D eigenvalue weighted by molar-refractivity contribution is 6.31. The van der Waals surface area contributed by atoms with Crippen LogP contribution in [-0.2, 0) is 6.42 Å². The van der Waals surface area contributed by atoms with Gasteiger partial charge in [0.2, 0.25) is 0 Å². The monoisotopic (exact) mass is 249 g/mol. The first-order valence-electron chi connectivity index (χ1n) is 5.82. The maximum Gasteiger partial charge on any atom is 0.119 e. The Hall–Kier alpha value is -1.25. The van der Waals surface area contributed by atoms with E-state index in [1.165, 1.54) is 0 Å². The lowest BCUT2D eigenvalue weighted by molar-refractivity contribution is 0.467. The molecule has 2 nitrogen and oxygen atoms in total. The lowest BCUT2D eigenvalue weighted by atomic mass is 10.0. The van der Waals surface area contributed by atoms with Crippen LogP contribution < -0.4 is 5.73 Å². The van der Waals surface area contributed by atoms with Gasteiger partial charge >= 0.3 is 0 Å². The van der Waals surface area contributed by atoms with E-state index < -0.39 is 0 Å².